The van der Waals surface area contributed by atoms with Crippen molar-refractivity contribution in [3.8, 4) is 12.3 Å². The van der Waals surface area contributed by atoms with Crippen LogP contribution in [0.25, 0.3) is 0 Å². The van der Waals surface area contributed by atoms with Crippen molar-refractivity contribution >= 4 is 5.69 Å². The van der Waals surface area contributed by atoms with Crippen molar-refractivity contribution in [1.29, 1.82) is 0 Å². The number of fused-ring (bicyclic) bond motifs is 1. The molecule has 4 N–H and O–H groups in total. The quantitative estimate of drug-likeness (QED) is 0.477. The van der Waals surface area contributed by atoms with E-state index < -0.39 is 0 Å². The summed E-state index contributed by atoms with van der Waals surface area (Å²) in [6.07, 6.45) is 8.43. The Labute approximate surface area is 85.3 Å². The molecule has 0 amide bonds. The molecule has 0 heterocycles. The van der Waals surface area contributed by atoms with Gasteiger partial charge in [0.15, 0.2) is 0 Å². The predicted molar refractivity (Wildman–Crippen MR) is 60.8 cm³/mol. The van der Waals surface area contributed by atoms with Crippen molar-refractivity contribution in [2.75, 3.05) is 12.3 Å². The first-order chi connectivity index (χ1) is 6.77. The topological polar surface area (TPSA) is 52.0 Å². The summed E-state index contributed by atoms with van der Waals surface area (Å²) in [5.74, 6) is 2.21. The average Bonchev–Trinajstić information content (AvgIpc) is 2.65. The number of aryl methyl sites for hydroxylation is 2. The molecule has 0 saturated heterocycles. The molecule has 2 heteroatoms. The van der Waals surface area contributed by atoms with Gasteiger partial charge in [-0.05, 0) is 42.5 Å². The SMILES string of the molecule is C#CCN.Nc1ccc2c(c1)CCC2. The first kappa shape index (κ1) is 10.6. The Hall–Kier alpha value is -1.46. The molecule has 74 valence electrons. The van der Waals surface area contributed by atoms with Gasteiger partial charge in [0.2, 0.25) is 0 Å². The maximum Gasteiger partial charge on any atom is 0.0548 e. The molecule has 1 aliphatic carbocycles. The summed E-state index contributed by atoms with van der Waals surface area (Å²) in [5.41, 5.74) is 14.3. The largest absolute Gasteiger partial charge is 0.399 e. The molecule has 1 aromatic carbocycles. The Morgan fingerprint density at radius 3 is 2.57 bits per heavy atom. The summed E-state index contributed by atoms with van der Waals surface area (Å²) in [4.78, 5) is 0. The van der Waals surface area contributed by atoms with Crippen LogP contribution in [0.4, 0.5) is 5.69 Å². The Morgan fingerprint density at radius 1 is 1.29 bits per heavy atom. The second kappa shape index (κ2) is 5.31. The van der Waals surface area contributed by atoms with E-state index in [1.807, 2.05) is 6.07 Å². The predicted octanol–water partition coefficient (Wildman–Crippen LogP) is 1.34. The van der Waals surface area contributed by atoms with Gasteiger partial charge in [-0.25, -0.2) is 0 Å². The molecule has 0 fully saturated rings. The zero-order valence-corrected chi connectivity index (χ0v) is 8.29. The highest BCUT2D eigenvalue weighted by Crippen LogP contribution is 2.23. The van der Waals surface area contributed by atoms with E-state index in [0.717, 1.165) is 5.69 Å². The van der Waals surface area contributed by atoms with E-state index in [0.29, 0.717) is 6.54 Å². The molecule has 2 rings (SSSR count). The average molecular weight is 188 g/mol. The van der Waals surface area contributed by atoms with Crippen LogP contribution in [-0.4, -0.2) is 6.54 Å². The van der Waals surface area contributed by atoms with Gasteiger partial charge in [-0.3, -0.25) is 0 Å². The summed E-state index contributed by atoms with van der Waals surface area (Å²) in [6.45, 7) is 0.347. The van der Waals surface area contributed by atoms with Gasteiger partial charge in [0.25, 0.3) is 0 Å². The van der Waals surface area contributed by atoms with Crippen molar-refractivity contribution in [1.82, 2.24) is 0 Å². The monoisotopic (exact) mass is 188 g/mol. The van der Waals surface area contributed by atoms with Crippen LogP contribution < -0.4 is 11.5 Å². The van der Waals surface area contributed by atoms with Crippen LogP contribution in [0.15, 0.2) is 18.2 Å². The number of terminal acetylenes is 1. The molecular formula is C12H16N2. The molecule has 2 nitrogen and oxygen atoms in total. The molecule has 1 aliphatic rings. The second-order valence-corrected chi connectivity index (χ2v) is 3.29. The molecule has 0 aliphatic heterocycles. The first-order valence-electron chi connectivity index (χ1n) is 4.78. The number of hydrogen-bond donors (Lipinski definition) is 2. The Bertz CT molecular complexity index is 337. The number of anilines is 1. The molecule has 0 saturated carbocycles. The Kier molecular flexibility index (Phi) is 4.03. The van der Waals surface area contributed by atoms with Gasteiger partial charge in [0.05, 0.1) is 6.54 Å². The number of benzene rings is 1. The van der Waals surface area contributed by atoms with Crippen LogP contribution >= 0.6 is 0 Å². The smallest absolute Gasteiger partial charge is 0.0548 e. The minimum absolute atomic E-state index is 0.347. The van der Waals surface area contributed by atoms with Crippen molar-refractivity contribution < 1.29 is 0 Å². The highest BCUT2D eigenvalue weighted by molar-refractivity contribution is 5.46. The maximum atomic E-state index is 5.63. The van der Waals surface area contributed by atoms with Crippen molar-refractivity contribution in [2.45, 2.75) is 19.3 Å². The third-order valence-electron chi connectivity index (χ3n) is 2.24. The van der Waals surface area contributed by atoms with Crippen LogP contribution in [0.2, 0.25) is 0 Å². The van der Waals surface area contributed by atoms with Gasteiger partial charge >= 0.3 is 0 Å². The Balaban J connectivity index is 0.000000213. The van der Waals surface area contributed by atoms with Crippen LogP contribution in [0.1, 0.15) is 17.5 Å². The van der Waals surface area contributed by atoms with Crippen LogP contribution in [0.5, 0.6) is 0 Å². The van der Waals surface area contributed by atoms with Crippen LogP contribution in [-0.2, 0) is 12.8 Å². The van der Waals surface area contributed by atoms with Gasteiger partial charge in [-0.2, -0.15) is 0 Å². The van der Waals surface area contributed by atoms with Gasteiger partial charge < -0.3 is 11.5 Å². The fourth-order valence-electron chi connectivity index (χ4n) is 1.59. The van der Waals surface area contributed by atoms with Crippen molar-refractivity contribution in [3.05, 3.63) is 29.3 Å². The minimum atomic E-state index is 0.347. The number of nitrogen functional groups attached to an aromatic ring is 1. The number of rotatable bonds is 0. The highest BCUT2D eigenvalue weighted by atomic mass is 14.5. The lowest BCUT2D eigenvalue weighted by atomic mass is 10.1. The summed E-state index contributed by atoms with van der Waals surface area (Å²) >= 11 is 0. The molecule has 0 unspecified atom stereocenters. The second-order valence-electron chi connectivity index (χ2n) is 3.29. The molecule has 0 radical (unpaired) electrons. The summed E-state index contributed by atoms with van der Waals surface area (Å²) in [7, 11) is 0. The lowest BCUT2D eigenvalue weighted by Crippen LogP contribution is -1.91. The Morgan fingerprint density at radius 2 is 1.93 bits per heavy atom. The lowest BCUT2D eigenvalue weighted by Gasteiger charge is -1.98. The molecule has 1 aromatic rings. The van der Waals surface area contributed by atoms with E-state index >= 15 is 0 Å². The third-order valence-corrected chi connectivity index (χ3v) is 2.24. The highest BCUT2D eigenvalue weighted by Gasteiger charge is 2.09. The van der Waals surface area contributed by atoms with Gasteiger partial charge in [0.1, 0.15) is 0 Å². The van der Waals surface area contributed by atoms with E-state index in [2.05, 4.69) is 24.5 Å². The van der Waals surface area contributed by atoms with E-state index in [1.165, 1.54) is 30.4 Å². The van der Waals surface area contributed by atoms with E-state index in [-0.39, 0.29) is 0 Å². The summed E-state index contributed by atoms with van der Waals surface area (Å²) in [6, 6.07) is 6.24. The number of hydrogen-bond acceptors (Lipinski definition) is 2. The minimum Gasteiger partial charge on any atom is -0.399 e. The van der Waals surface area contributed by atoms with E-state index in [1.54, 1.807) is 0 Å². The molecule has 0 atom stereocenters. The molecule has 14 heavy (non-hydrogen) atoms. The summed E-state index contributed by atoms with van der Waals surface area (Å²) in [5, 5.41) is 0. The first-order valence-corrected chi connectivity index (χ1v) is 4.78. The lowest BCUT2D eigenvalue weighted by molar-refractivity contribution is 0.912. The van der Waals surface area contributed by atoms with Gasteiger partial charge in [-0.1, -0.05) is 12.0 Å². The van der Waals surface area contributed by atoms with Gasteiger partial charge in [-0.15, -0.1) is 6.42 Å². The molecule has 0 bridgehead atoms. The number of nitrogens with two attached hydrogens (primary N) is 2. The zero-order chi connectivity index (χ0) is 10.4. The molecule has 0 spiro atoms. The van der Waals surface area contributed by atoms with Crippen LogP contribution in [0.3, 0.4) is 0 Å². The van der Waals surface area contributed by atoms with E-state index in [9.17, 15) is 0 Å². The zero-order valence-electron chi connectivity index (χ0n) is 8.29. The maximum absolute atomic E-state index is 5.63. The van der Waals surface area contributed by atoms with Gasteiger partial charge in [0, 0.05) is 5.69 Å². The molecule has 0 aromatic heterocycles. The molecular weight excluding hydrogens is 172 g/mol. The standard InChI is InChI=1S/C9H11N.C3H5N/c10-9-5-4-7-2-1-3-8(7)6-9;1-2-3-4/h4-6H,1-3,10H2;1H,3-4H2. The van der Waals surface area contributed by atoms with Crippen molar-refractivity contribution in [2.24, 2.45) is 5.73 Å². The normalized spacial score (nSPS) is 12.3. The van der Waals surface area contributed by atoms with Crippen molar-refractivity contribution in [3.63, 3.8) is 0 Å². The fraction of sp³-hybridized carbons (Fsp3) is 0.333. The van der Waals surface area contributed by atoms with Crippen LogP contribution in [0, 0.1) is 12.3 Å². The third kappa shape index (κ3) is 2.79. The summed E-state index contributed by atoms with van der Waals surface area (Å²) < 4.78 is 0. The fourth-order valence-corrected chi connectivity index (χ4v) is 1.59. The van der Waals surface area contributed by atoms with E-state index in [4.69, 9.17) is 11.5 Å².